The van der Waals surface area contributed by atoms with E-state index in [9.17, 15) is 4.79 Å². The van der Waals surface area contributed by atoms with E-state index in [1.165, 1.54) is 7.11 Å². The normalized spacial score (nSPS) is 28.7. The minimum Gasteiger partial charge on any atom is -0.465 e. The van der Waals surface area contributed by atoms with Crippen LogP contribution in [0.5, 0.6) is 0 Å². The van der Waals surface area contributed by atoms with Crippen LogP contribution in [0.15, 0.2) is 30.3 Å². The van der Waals surface area contributed by atoms with Gasteiger partial charge in [0.25, 0.3) is 5.79 Å². The minimum absolute atomic E-state index is 0.0388. The molecule has 0 saturated carbocycles. The van der Waals surface area contributed by atoms with Gasteiger partial charge in [0.15, 0.2) is 0 Å². The van der Waals surface area contributed by atoms with Crippen molar-refractivity contribution in [3.8, 4) is 0 Å². The fourth-order valence-corrected chi connectivity index (χ4v) is 1.91. The number of hydrogen-bond donors (Lipinski definition) is 0. The van der Waals surface area contributed by atoms with E-state index in [2.05, 4.69) is 0 Å². The molecule has 0 unspecified atom stereocenters. The Kier molecular flexibility index (Phi) is 3.45. The standard InChI is InChI=1S/C13H16O4/c1-10-8-9-16-13(17-10,12(14)15-2)11-6-4-3-5-7-11/h3-7,10H,8-9H2,1-2H3/t10-,13+/m1/s1. The molecule has 1 aromatic carbocycles. The first-order valence-electron chi connectivity index (χ1n) is 5.65. The number of methoxy groups -OCH3 is 1. The third-order valence-corrected chi connectivity index (χ3v) is 2.80. The van der Waals surface area contributed by atoms with Crippen LogP contribution in [0.3, 0.4) is 0 Å². The lowest BCUT2D eigenvalue weighted by atomic mass is 10.0. The molecule has 1 fully saturated rings. The maximum atomic E-state index is 12.0. The van der Waals surface area contributed by atoms with E-state index >= 15 is 0 Å². The van der Waals surface area contributed by atoms with Gasteiger partial charge in [0.1, 0.15) is 0 Å². The Balaban J connectivity index is 2.40. The van der Waals surface area contributed by atoms with Crippen LogP contribution in [0.2, 0.25) is 0 Å². The molecule has 4 nitrogen and oxygen atoms in total. The van der Waals surface area contributed by atoms with E-state index in [0.717, 1.165) is 6.42 Å². The van der Waals surface area contributed by atoms with Gasteiger partial charge in [-0.3, -0.25) is 0 Å². The van der Waals surface area contributed by atoms with Gasteiger partial charge in [-0.1, -0.05) is 30.3 Å². The van der Waals surface area contributed by atoms with E-state index in [-0.39, 0.29) is 6.10 Å². The van der Waals surface area contributed by atoms with Gasteiger partial charge < -0.3 is 14.2 Å². The maximum Gasteiger partial charge on any atom is 0.371 e. The average Bonchev–Trinajstić information content (AvgIpc) is 2.38. The number of carbonyl (C=O) groups is 1. The molecule has 0 N–H and O–H groups in total. The molecule has 17 heavy (non-hydrogen) atoms. The number of benzene rings is 1. The fraction of sp³-hybridized carbons (Fsp3) is 0.462. The van der Waals surface area contributed by atoms with Gasteiger partial charge in [0, 0.05) is 5.56 Å². The Hall–Kier alpha value is -1.39. The van der Waals surface area contributed by atoms with Crippen molar-refractivity contribution in [2.75, 3.05) is 13.7 Å². The molecule has 92 valence electrons. The first kappa shape index (κ1) is 12.1. The molecule has 2 atom stereocenters. The highest BCUT2D eigenvalue weighted by atomic mass is 16.7. The lowest BCUT2D eigenvalue weighted by molar-refractivity contribution is -0.293. The molecule has 1 aliphatic heterocycles. The molecule has 0 aromatic heterocycles. The monoisotopic (exact) mass is 236 g/mol. The van der Waals surface area contributed by atoms with E-state index < -0.39 is 11.8 Å². The van der Waals surface area contributed by atoms with Gasteiger partial charge in [-0.15, -0.1) is 0 Å². The summed E-state index contributed by atoms with van der Waals surface area (Å²) in [5.41, 5.74) is 0.665. The molecule has 1 aliphatic rings. The molecule has 0 bridgehead atoms. The number of ether oxygens (including phenoxy) is 3. The fourth-order valence-electron chi connectivity index (χ4n) is 1.91. The van der Waals surface area contributed by atoms with Crippen molar-refractivity contribution in [3.63, 3.8) is 0 Å². The molecule has 1 saturated heterocycles. The van der Waals surface area contributed by atoms with Crippen LogP contribution in [-0.2, 0) is 24.8 Å². The van der Waals surface area contributed by atoms with Gasteiger partial charge >= 0.3 is 5.97 Å². The molecule has 4 heteroatoms. The van der Waals surface area contributed by atoms with Crippen molar-refractivity contribution in [1.82, 2.24) is 0 Å². The van der Waals surface area contributed by atoms with E-state index in [1.807, 2.05) is 25.1 Å². The Morgan fingerprint density at radius 3 is 2.71 bits per heavy atom. The first-order valence-corrected chi connectivity index (χ1v) is 5.65. The van der Waals surface area contributed by atoms with Crippen LogP contribution < -0.4 is 0 Å². The van der Waals surface area contributed by atoms with Crippen LogP contribution in [0, 0.1) is 0 Å². The van der Waals surface area contributed by atoms with Crippen molar-refractivity contribution in [1.29, 1.82) is 0 Å². The smallest absolute Gasteiger partial charge is 0.371 e. The lowest BCUT2D eigenvalue weighted by Gasteiger charge is -2.37. The maximum absolute atomic E-state index is 12.0. The van der Waals surface area contributed by atoms with Crippen molar-refractivity contribution < 1.29 is 19.0 Å². The van der Waals surface area contributed by atoms with Gasteiger partial charge in [0.2, 0.25) is 0 Å². The number of esters is 1. The summed E-state index contributed by atoms with van der Waals surface area (Å²) in [6.45, 7) is 2.40. The highest BCUT2D eigenvalue weighted by molar-refractivity contribution is 5.79. The summed E-state index contributed by atoms with van der Waals surface area (Å²) in [7, 11) is 1.33. The summed E-state index contributed by atoms with van der Waals surface area (Å²) in [6, 6.07) is 9.16. The highest BCUT2D eigenvalue weighted by Crippen LogP contribution is 2.34. The van der Waals surface area contributed by atoms with E-state index in [1.54, 1.807) is 12.1 Å². The second-order valence-corrected chi connectivity index (χ2v) is 4.04. The Bertz CT molecular complexity index is 390. The van der Waals surface area contributed by atoms with Crippen molar-refractivity contribution in [3.05, 3.63) is 35.9 Å². The molecule has 0 amide bonds. The van der Waals surface area contributed by atoms with Gasteiger partial charge in [-0.2, -0.15) is 0 Å². The summed E-state index contributed by atoms with van der Waals surface area (Å²) in [5.74, 6) is -1.93. The predicted octanol–water partition coefficient (Wildman–Crippen LogP) is 1.84. The third-order valence-electron chi connectivity index (χ3n) is 2.80. The summed E-state index contributed by atoms with van der Waals surface area (Å²) >= 11 is 0. The number of carbonyl (C=O) groups excluding carboxylic acids is 1. The zero-order chi connectivity index (χ0) is 12.3. The summed E-state index contributed by atoms with van der Waals surface area (Å²) in [4.78, 5) is 12.0. The van der Waals surface area contributed by atoms with Gasteiger partial charge in [0.05, 0.1) is 19.8 Å². The largest absolute Gasteiger partial charge is 0.465 e. The Morgan fingerprint density at radius 2 is 2.12 bits per heavy atom. The zero-order valence-corrected chi connectivity index (χ0v) is 10.0. The molecule has 2 rings (SSSR count). The predicted molar refractivity (Wildman–Crippen MR) is 61.3 cm³/mol. The third kappa shape index (κ3) is 2.18. The average molecular weight is 236 g/mol. The minimum atomic E-state index is -1.41. The molecular formula is C13H16O4. The molecular weight excluding hydrogens is 220 g/mol. The molecule has 0 aliphatic carbocycles. The highest BCUT2D eigenvalue weighted by Gasteiger charge is 2.47. The quantitative estimate of drug-likeness (QED) is 0.735. The molecule has 1 aromatic rings. The summed E-state index contributed by atoms with van der Waals surface area (Å²) < 4.78 is 16.1. The number of rotatable bonds is 2. The van der Waals surface area contributed by atoms with Gasteiger partial charge in [-0.25, -0.2) is 4.79 Å². The Morgan fingerprint density at radius 1 is 1.41 bits per heavy atom. The topological polar surface area (TPSA) is 44.8 Å². The second-order valence-electron chi connectivity index (χ2n) is 4.04. The van der Waals surface area contributed by atoms with Crippen LogP contribution >= 0.6 is 0 Å². The van der Waals surface area contributed by atoms with E-state index in [0.29, 0.717) is 12.2 Å². The lowest BCUT2D eigenvalue weighted by Crippen LogP contribution is -2.48. The van der Waals surface area contributed by atoms with E-state index in [4.69, 9.17) is 14.2 Å². The number of hydrogen-bond acceptors (Lipinski definition) is 4. The van der Waals surface area contributed by atoms with Crippen molar-refractivity contribution >= 4 is 5.97 Å². The van der Waals surface area contributed by atoms with Gasteiger partial charge in [-0.05, 0) is 13.3 Å². The van der Waals surface area contributed by atoms with Crippen LogP contribution in [0.4, 0.5) is 0 Å². The molecule has 1 heterocycles. The molecule has 0 radical (unpaired) electrons. The van der Waals surface area contributed by atoms with Crippen molar-refractivity contribution in [2.24, 2.45) is 0 Å². The molecule has 0 spiro atoms. The SMILES string of the molecule is COC(=O)[C@@]1(c2ccccc2)OCC[C@@H](C)O1. The van der Waals surface area contributed by atoms with Crippen LogP contribution in [-0.4, -0.2) is 25.8 Å². The summed E-state index contributed by atoms with van der Waals surface area (Å²) in [5, 5.41) is 0. The first-order chi connectivity index (χ1) is 8.19. The van der Waals surface area contributed by atoms with Crippen LogP contribution in [0.25, 0.3) is 0 Å². The zero-order valence-electron chi connectivity index (χ0n) is 10.0. The second kappa shape index (κ2) is 4.85. The Labute approximate surface area is 100 Å². The van der Waals surface area contributed by atoms with Crippen molar-refractivity contribution in [2.45, 2.75) is 25.2 Å². The summed E-state index contributed by atoms with van der Waals surface area (Å²) in [6.07, 6.45) is 0.731. The van der Waals surface area contributed by atoms with Crippen LogP contribution in [0.1, 0.15) is 18.9 Å².